The Labute approximate surface area is 220 Å². The van der Waals surface area contributed by atoms with E-state index in [1.54, 1.807) is 31.4 Å². The van der Waals surface area contributed by atoms with Gasteiger partial charge in [-0.15, -0.1) is 0 Å². The molecule has 0 aromatic heterocycles. The molecule has 2 aliphatic heterocycles. The van der Waals surface area contributed by atoms with Gasteiger partial charge in [-0.2, -0.15) is 8.42 Å². The third kappa shape index (κ3) is 5.26. The van der Waals surface area contributed by atoms with E-state index >= 15 is 0 Å². The first-order valence-electron chi connectivity index (χ1n) is 12.7. The smallest absolute Gasteiger partial charge is 0.339 e. The Morgan fingerprint density at radius 2 is 1.65 bits per heavy atom. The van der Waals surface area contributed by atoms with E-state index in [0.717, 1.165) is 42.0 Å². The van der Waals surface area contributed by atoms with Gasteiger partial charge in [0.1, 0.15) is 4.90 Å². The number of hydrogen-bond donors (Lipinski definition) is 0. The molecule has 198 valence electrons. The Bertz CT molecular complexity index is 1340. The second-order valence-electron chi connectivity index (χ2n) is 8.66. The second-order valence-corrected chi connectivity index (χ2v) is 10.2. The van der Waals surface area contributed by atoms with Crippen molar-refractivity contribution in [1.29, 1.82) is 0 Å². The fourth-order valence-electron chi connectivity index (χ4n) is 5.04. The zero-order valence-electron chi connectivity index (χ0n) is 22.1. The summed E-state index contributed by atoms with van der Waals surface area (Å²) in [6.45, 7) is 7.92. The molecular formula is C29H35NO6S. The van der Waals surface area contributed by atoms with Gasteiger partial charge in [0, 0.05) is 24.7 Å². The van der Waals surface area contributed by atoms with E-state index in [-0.39, 0.29) is 16.7 Å². The van der Waals surface area contributed by atoms with Crippen molar-refractivity contribution in [2.24, 2.45) is 0 Å². The maximum atomic E-state index is 13.0. The highest BCUT2D eigenvalue weighted by atomic mass is 32.2. The van der Waals surface area contributed by atoms with E-state index in [1.165, 1.54) is 30.4 Å². The molecule has 37 heavy (non-hydrogen) atoms. The van der Waals surface area contributed by atoms with Gasteiger partial charge in [-0.1, -0.05) is 38.1 Å². The standard InChI is InChI=1S/C27H29NO6S.C2H6/c1-4-33-26-16-21-19(15-25(26)32-3)12-13-28-17-22-18(14-23(21)28)10-11-24(31-2)27(22)34-35(29,30)20-8-6-5-7-9-20;1-2/h5-11,15-16,23H,4,12-14,17H2,1-3H3;1-2H3. The van der Waals surface area contributed by atoms with Gasteiger partial charge in [0.05, 0.1) is 20.8 Å². The van der Waals surface area contributed by atoms with Gasteiger partial charge in [-0.25, -0.2) is 0 Å². The Kier molecular flexibility index (Phi) is 8.29. The zero-order valence-corrected chi connectivity index (χ0v) is 22.9. The number of methoxy groups -OCH3 is 2. The minimum atomic E-state index is -4.01. The lowest BCUT2D eigenvalue weighted by molar-refractivity contribution is 0.158. The lowest BCUT2D eigenvalue weighted by atomic mass is 9.83. The lowest BCUT2D eigenvalue weighted by Gasteiger charge is -2.42. The number of fused-ring (bicyclic) bond motifs is 4. The molecule has 3 aromatic rings. The van der Waals surface area contributed by atoms with Crippen molar-refractivity contribution < 1.29 is 26.8 Å². The number of hydrogen-bond acceptors (Lipinski definition) is 7. The Hall–Kier alpha value is -3.23. The van der Waals surface area contributed by atoms with Crippen LogP contribution in [0.2, 0.25) is 0 Å². The molecule has 1 unspecified atom stereocenters. The van der Waals surface area contributed by atoms with Crippen LogP contribution in [0.15, 0.2) is 59.5 Å². The van der Waals surface area contributed by atoms with E-state index in [0.29, 0.717) is 18.9 Å². The van der Waals surface area contributed by atoms with E-state index in [2.05, 4.69) is 17.0 Å². The van der Waals surface area contributed by atoms with Crippen LogP contribution in [0, 0.1) is 0 Å². The van der Waals surface area contributed by atoms with Gasteiger partial charge in [-0.3, -0.25) is 4.90 Å². The summed E-state index contributed by atoms with van der Waals surface area (Å²) in [5.74, 6) is 2.17. The predicted octanol–water partition coefficient (Wildman–Crippen LogP) is 5.55. The van der Waals surface area contributed by atoms with Gasteiger partial charge in [-0.05, 0) is 66.8 Å². The van der Waals surface area contributed by atoms with Crippen molar-refractivity contribution in [3.8, 4) is 23.0 Å². The van der Waals surface area contributed by atoms with Gasteiger partial charge < -0.3 is 18.4 Å². The Morgan fingerprint density at radius 3 is 2.32 bits per heavy atom. The van der Waals surface area contributed by atoms with E-state index in [1.807, 2.05) is 26.8 Å². The average Bonchev–Trinajstić information content (AvgIpc) is 2.93. The maximum absolute atomic E-state index is 13.0. The van der Waals surface area contributed by atoms with E-state index in [4.69, 9.17) is 18.4 Å². The van der Waals surface area contributed by atoms with Crippen LogP contribution >= 0.6 is 0 Å². The SMILES string of the molecule is CC.CCOc1cc2c(cc1OC)CCN1Cc3c(ccc(OC)c3OS(=O)(=O)c3ccccc3)CC21. The molecule has 0 saturated carbocycles. The van der Waals surface area contributed by atoms with Crippen molar-refractivity contribution in [2.45, 2.75) is 51.1 Å². The summed E-state index contributed by atoms with van der Waals surface area (Å²) in [6, 6.07) is 16.3. The first kappa shape index (κ1) is 26.8. The van der Waals surface area contributed by atoms with Crippen molar-refractivity contribution in [3.05, 3.63) is 76.9 Å². The largest absolute Gasteiger partial charge is 0.493 e. The summed E-state index contributed by atoms with van der Waals surface area (Å²) in [5.41, 5.74) is 4.38. The number of rotatable bonds is 7. The molecule has 1 atom stereocenters. The highest BCUT2D eigenvalue weighted by Crippen LogP contribution is 2.46. The maximum Gasteiger partial charge on any atom is 0.339 e. The van der Waals surface area contributed by atoms with Crippen molar-refractivity contribution in [2.75, 3.05) is 27.4 Å². The summed E-state index contributed by atoms with van der Waals surface area (Å²) >= 11 is 0. The van der Waals surface area contributed by atoms with E-state index < -0.39 is 10.1 Å². The van der Waals surface area contributed by atoms with Gasteiger partial charge >= 0.3 is 10.1 Å². The minimum Gasteiger partial charge on any atom is -0.493 e. The zero-order chi connectivity index (χ0) is 26.6. The molecule has 0 saturated heterocycles. The van der Waals surface area contributed by atoms with Crippen LogP contribution in [-0.2, 0) is 29.5 Å². The monoisotopic (exact) mass is 525 g/mol. The molecule has 5 rings (SSSR count). The number of nitrogens with zero attached hydrogens (tertiary/aromatic N) is 1. The van der Waals surface area contributed by atoms with Crippen molar-refractivity contribution >= 4 is 10.1 Å². The van der Waals surface area contributed by atoms with E-state index in [9.17, 15) is 8.42 Å². The van der Waals surface area contributed by atoms with Crippen LogP contribution < -0.4 is 18.4 Å². The predicted molar refractivity (Wildman–Crippen MR) is 143 cm³/mol. The third-order valence-electron chi connectivity index (χ3n) is 6.73. The van der Waals surface area contributed by atoms with Crippen molar-refractivity contribution in [1.82, 2.24) is 4.90 Å². The molecular weight excluding hydrogens is 490 g/mol. The molecule has 0 amide bonds. The quantitative estimate of drug-likeness (QED) is 0.374. The molecule has 2 heterocycles. The van der Waals surface area contributed by atoms with Crippen LogP contribution in [0.5, 0.6) is 23.0 Å². The summed E-state index contributed by atoms with van der Waals surface area (Å²) < 4.78 is 48.7. The molecule has 3 aromatic carbocycles. The molecule has 0 aliphatic carbocycles. The number of ether oxygens (including phenoxy) is 3. The highest BCUT2D eigenvalue weighted by Gasteiger charge is 2.36. The van der Waals surface area contributed by atoms with Gasteiger partial charge in [0.25, 0.3) is 0 Å². The first-order valence-corrected chi connectivity index (χ1v) is 14.1. The van der Waals surface area contributed by atoms with Crippen LogP contribution in [0.3, 0.4) is 0 Å². The first-order chi connectivity index (χ1) is 17.9. The third-order valence-corrected chi connectivity index (χ3v) is 7.97. The van der Waals surface area contributed by atoms with Crippen LogP contribution in [0.25, 0.3) is 0 Å². The summed E-state index contributed by atoms with van der Waals surface area (Å²) in [6.07, 6.45) is 1.60. The molecule has 0 bridgehead atoms. The summed E-state index contributed by atoms with van der Waals surface area (Å²) in [4.78, 5) is 2.48. The van der Waals surface area contributed by atoms with Crippen LogP contribution in [0.4, 0.5) is 0 Å². The molecule has 0 radical (unpaired) electrons. The Morgan fingerprint density at radius 1 is 0.919 bits per heavy atom. The molecule has 8 heteroatoms. The average molecular weight is 526 g/mol. The van der Waals surface area contributed by atoms with Gasteiger partial charge in [0.2, 0.25) is 0 Å². The van der Waals surface area contributed by atoms with Crippen molar-refractivity contribution in [3.63, 3.8) is 0 Å². The van der Waals surface area contributed by atoms with Gasteiger partial charge in [0.15, 0.2) is 23.0 Å². The van der Waals surface area contributed by atoms with Crippen LogP contribution in [0.1, 0.15) is 49.1 Å². The molecule has 0 spiro atoms. The highest BCUT2D eigenvalue weighted by molar-refractivity contribution is 7.87. The number of benzene rings is 3. The Balaban J connectivity index is 0.00000156. The summed E-state index contributed by atoms with van der Waals surface area (Å²) in [7, 11) is -0.822. The molecule has 0 N–H and O–H groups in total. The normalized spacial score (nSPS) is 16.3. The lowest BCUT2D eigenvalue weighted by Crippen LogP contribution is -2.39. The minimum absolute atomic E-state index is 0.109. The molecule has 0 fully saturated rings. The summed E-state index contributed by atoms with van der Waals surface area (Å²) in [5, 5.41) is 0. The fraction of sp³-hybridized carbons (Fsp3) is 0.379. The fourth-order valence-corrected chi connectivity index (χ4v) is 6.03. The van der Waals surface area contributed by atoms with Crippen LogP contribution in [-0.4, -0.2) is 40.7 Å². The molecule has 2 aliphatic rings. The topological polar surface area (TPSA) is 74.3 Å². The molecule has 7 nitrogen and oxygen atoms in total. The second kappa shape index (κ2) is 11.4.